The number of hydrogen-bond acceptors (Lipinski definition) is 2. The summed E-state index contributed by atoms with van der Waals surface area (Å²) in [5.74, 6) is 1.28. The molecule has 2 rings (SSSR count). The summed E-state index contributed by atoms with van der Waals surface area (Å²) >= 11 is 0. The Morgan fingerprint density at radius 3 is 2.76 bits per heavy atom. The van der Waals surface area contributed by atoms with Gasteiger partial charge in [0.15, 0.2) is 0 Å². The van der Waals surface area contributed by atoms with Crippen molar-refractivity contribution in [3.63, 3.8) is 0 Å². The first-order chi connectivity index (χ1) is 8.29. The molecule has 0 radical (unpaired) electrons. The zero-order chi connectivity index (χ0) is 12.1. The molecule has 2 heteroatoms. The van der Waals surface area contributed by atoms with Crippen molar-refractivity contribution in [3.05, 3.63) is 30.1 Å². The van der Waals surface area contributed by atoms with E-state index in [0.29, 0.717) is 5.92 Å². The molecule has 0 spiro atoms. The summed E-state index contributed by atoms with van der Waals surface area (Å²) in [6, 6.07) is 4.13. The monoisotopic (exact) mass is 233 g/mol. The molecule has 1 aromatic heterocycles. The van der Waals surface area contributed by atoms with Crippen molar-refractivity contribution in [3.8, 4) is 0 Å². The molecule has 1 aliphatic carbocycles. The van der Waals surface area contributed by atoms with Gasteiger partial charge >= 0.3 is 0 Å². The number of aliphatic hydroxyl groups excluding tert-OH is 1. The third kappa shape index (κ3) is 3.53. The number of nitrogens with zero attached hydrogens (tertiary/aromatic N) is 1. The van der Waals surface area contributed by atoms with E-state index in [2.05, 4.69) is 24.0 Å². The molecule has 0 amide bonds. The van der Waals surface area contributed by atoms with Crippen molar-refractivity contribution < 1.29 is 5.11 Å². The molecule has 1 heterocycles. The third-order valence-corrected chi connectivity index (χ3v) is 4.00. The van der Waals surface area contributed by atoms with Crippen molar-refractivity contribution in [2.24, 2.45) is 11.8 Å². The summed E-state index contributed by atoms with van der Waals surface area (Å²) in [7, 11) is 0. The Labute approximate surface area is 104 Å². The van der Waals surface area contributed by atoms with Crippen LogP contribution in [0.5, 0.6) is 0 Å². The van der Waals surface area contributed by atoms with Gasteiger partial charge in [-0.25, -0.2) is 0 Å². The molecular weight excluding hydrogens is 210 g/mol. The average molecular weight is 233 g/mol. The van der Waals surface area contributed by atoms with Crippen molar-refractivity contribution >= 4 is 0 Å². The van der Waals surface area contributed by atoms with Crippen LogP contribution in [0.3, 0.4) is 0 Å². The first-order valence-corrected chi connectivity index (χ1v) is 6.86. The van der Waals surface area contributed by atoms with Crippen LogP contribution >= 0.6 is 0 Å². The van der Waals surface area contributed by atoms with Gasteiger partial charge in [-0.15, -0.1) is 0 Å². The van der Waals surface area contributed by atoms with Crippen molar-refractivity contribution in [1.29, 1.82) is 0 Å². The molecule has 1 saturated carbocycles. The largest absolute Gasteiger partial charge is 0.393 e. The van der Waals surface area contributed by atoms with Crippen LogP contribution in [0.2, 0.25) is 0 Å². The molecule has 1 N–H and O–H groups in total. The Bertz CT molecular complexity index is 325. The second-order valence-corrected chi connectivity index (χ2v) is 5.35. The van der Waals surface area contributed by atoms with Crippen LogP contribution in [0.15, 0.2) is 24.5 Å². The zero-order valence-corrected chi connectivity index (χ0v) is 10.7. The van der Waals surface area contributed by atoms with Crippen LogP contribution in [0.4, 0.5) is 0 Å². The molecule has 17 heavy (non-hydrogen) atoms. The van der Waals surface area contributed by atoms with E-state index >= 15 is 0 Å². The summed E-state index contributed by atoms with van der Waals surface area (Å²) < 4.78 is 0. The molecule has 0 aromatic carbocycles. The summed E-state index contributed by atoms with van der Waals surface area (Å²) in [5, 5.41) is 10.1. The van der Waals surface area contributed by atoms with Crippen LogP contribution in [0.25, 0.3) is 0 Å². The molecule has 94 valence electrons. The fourth-order valence-electron chi connectivity index (χ4n) is 3.06. The predicted molar refractivity (Wildman–Crippen MR) is 69.7 cm³/mol. The lowest BCUT2D eigenvalue weighted by Crippen LogP contribution is -2.30. The lowest BCUT2D eigenvalue weighted by atomic mass is 9.75. The van der Waals surface area contributed by atoms with Gasteiger partial charge in [-0.2, -0.15) is 0 Å². The molecule has 0 bridgehead atoms. The maximum atomic E-state index is 10.1. The first kappa shape index (κ1) is 12.6. The number of aromatic nitrogens is 1. The van der Waals surface area contributed by atoms with Gasteiger partial charge in [0.1, 0.15) is 0 Å². The lowest BCUT2D eigenvalue weighted by molar-refractivity contribution is 0.0463. The van der Waals surface area contributed by atoms with E-state index in [9.17, 15) is 5.11 Å². The average Bonchev–Trinajstić information content (AvgIpc) is 2.35. The maximum Gasteiger partial charge on any atom is 0.0571 e. The van der Waals surface area contributed by atoms with Crippen LogP contribution in [0, 0.1) is 11.8 Å². The molecule has 0 saturated heterocycles. The summed E-state index contributed by atoms with van der Waals surface area (Å²) in [5.41, 5.74) is 1.31. The smallest absolute Gasteiger partial charge is 0.0571 e. The highest BCUT2D eigenvalue weighted by molar-refractivity contribution is 5.11. The maximum absolute atomic E-state index is 10.1. The van der Waals surface area contributed by atoms with Gasteiger partial charge in [-0.1, -0.05) is 19.8 Å². The third-order valence-electron chi connectivity index (χ3n) is 4.00. The van der Waals surface area contributed by atoms with Crippen molar-refractivity contribution in [1.82, 2.24) is 4.98 Å². The fraction of sp³-hybridized carbons (Fsp3) is 0.667. The lowest BCUT2D eigenvalue weighted by Gasteiger charge is -2.33. The quantitative estimate of drug-likeness (QED) is 0.866. The van der Waals surface area contributed by atoms with Gasteiger partial charge in [-0.3, -0.25) is 4.98 Å². The Morgan fingerprint density at radius 1 is 1.29 bits per heavy atom. The van der Waals surface area contributed by atoms with E-state index < -0.39 is 0 Å². The SMILES string of the molecule is CCCC1CCC(O)C(Cc2ccncc2)C1. The fourth-order valence-corrected chi connectivity index (χ4v) is 3.06. The highest BCUT2D eigenvalue weighted by Crippen LogP contribution is 2.33. The molecule has 1 aliphatic rings. The topological polar surface area (TPSA) is 33.1 Å². The van der Waals surface area contributed by atoms with E-state index in [-0.39, 0.29) is 6.10 Å². The molecule has 3 unspecified atom stereocenters. The van der Waals surface area contributed by atoms with Crippen LogP contribution in [-0.4, -0.2) is 16.2 Å². The first-order valence-electron chi connectivity index (χ1n) is 6.86. The van der Waals surface area contributed by atoms with E-state index in [4.69, 9.17) is 0 Å². The molecule has 2 nitrogen and oxygen atoms in total. The van der Waals surface area contributed by atoms with Crippen LogP contribution in [-0.2, 0) is 6.42 Å². The van der Waals surface area contributed by atoms with Crippen LogP contribution < -0.4 is 0 Å². The zero-order valence-electron chi connectivity index (χ0n) is 10.7. The van der Waals surface area contributed by atoms with Gasteiger partial charge in [0, 0.05) is 12.4 Å². The minimum absolute atomic E-state index is 0.101. The molecule has 0 aliphatic heterocycles. The van der Waals surface area contributed by atoms with E-state index in [1.54, 1.807) is 0 Å². The Kier molecular flexibility index (Phi) is 4.55. The number of aliphatic hydroxyl groups is 1. The van der Waals surface area contributed by atoms with Gasteiger partial charge in [0.05, 0.1) is 6.10 Å². The summed E-state index contributed by atoms with van der Waals surface area (Å²) in [6.07, 6.45) is 10.6. The van der Waals surface area contributed by atoms with E-state index in [1.165, 1.54) is 31.2 Å². The number of hydrogen-bond donors (Lipinski definition) is 1. The van der Waals surface area contributed by atoms with Crippen molar-refractivity contribution in [2.75, 3.05) is 0 Å². The minimum Gasteiger partial charge on any atom is -0.393 e. The van der Waals surface area contributed by atoms with E-state index in [1.807, 2.05) is 12.4 Å². The minimum atomic E-state index is -0.101. The normalized spacial score (nSPS) is 29.2. The van der Waals surface area contributed by atoms with Crippen LogP contribution in [0.1, 0.15) is 44.6 Å². The Hall–Kier alpha value is -0.890. The highest BCUT2D eigenvalue weighted by atomic mass is 16.3. The predicted octanol–water partition coefficient (Wildman–Crippen LogP) is 3.20. The van der Waals surface area contributed by atoms with Gasteiger partial charge in [0.2, 0.25) is 0 Å². The molecular formula is C15H23NO. The summed E-state index contributed by atoms with van der Waals surface area (Å²) in [4.78, 5) is 4.04. The highest BCUT2D eigenvalue weighted by Gasteiger charge is 2.28. The number of rotatable bonds is 4. The number of pyridine rings is 1. The van der Waals surface area contributed by atoms with E-state index in [0.717, 1.165) is 18.8 Å². The van der Waals surface area contributed by atoms with Crippen molar-refractivity contribution in [2.45, 2.75) is 51.6 Å². The molecule has 1 fully saturated rings. The Balaban J connectivity index is 1.94. The second-order valence-electron chi connectivity index (χ2n) is 5.35. The standard InChI is InChI=1S/C15H23NO/c1-2-3-12-4-5-15(17)14(10-12)11-13-6-8-16-9-7-13/h6-9,12,14-15,17H,2-5,10-11H2,1H3. The molecule has 1 aromatic rings. The van der Waals surface area contributed by atoms with Gasteiger partial charge in [0.25, 0.3) is 0 Å². The summed E-state index contributed by atoms with van der Waals surface area (Å²) in [6.45, 7) is 2.25. The van der Waals surface area contributed by atoms with Gasteiger partial charge in [-0.05, 0) is 55.2 Å². The van der Waals surface area contributed by atoms with Gasteiger partial charge < -0.3 is 5.11 Å². The second kappa shape index (κ2) is 6.15. The molecule has 3 atom stereocenters. The Morgan fingerprint density at radius 2 is 2.06 bits per heavy atom.